The number of aliphatic hydroxyl groups is 1. The normalized spacial score (nSPS) is 15.1. The molecule has 0 bridgehead atoms. The standard InChI is InChI=1S/C9H16N2O3/c1-8(2,3)14-7(13)11-9(4,5-10)6-12/h12H,6H2,1-4H3,(H,11,13). The maximum absolute atomic E-state index is 11.2. The molecule has 2 N–H and O–H groups in total. The Morgan fingerprint density at radius 1 is 1.50 bits per heavy atom. The second-order valence-electron chi connectivity index (χ2n) is 4.23. The molecule has 0 fully saturated rings. The minimum atomic E-state index is -1.29. The number of alkyl carbamates (subject to hydrolysis) is 1. The van der Waals surface area contributed by atoms with Crippen LogP contribution in [0.25, 0.3) is 0 Å². The minimum absolute atomic E-state index is 0.456. The zero-order valence-corrected chi connectivity index (χ0v) is 8.92. The molecule has 0 aliphatic heterocycles. The molecule has 0 radical (unpaired) electrons. The van der Waals surface area contributed by atoms with Crippen molar-refractivity contribution >= 4 is 6.09 Å². The zero-order chi connectivity index (χ0) is 11.4. The van der Waals surface area contributed by atoms with Gasteiger partial charge in [-0.05, 0) is 27.7 Å². The number of hydrogen-bond donors (Lipinski definition) is 2. The summed E-state index contributed by atoms with van der Waals surface area (Å²) in [6.07, 6.45) is -0.712. The van der Waals surface area contributed by atoms with Gasteiger partial charge in [-0.2, -0.15) is 5.26 Å². The van der Waals surface area contributed by atoms with Crippen LogP contribution in [0.15, 0.2) is 0 Å². The highest BCUT2D eigenvalue weighted by molar-refractivity contribution is 5.69. The number of rotatable bonds is 2. The Bertz CT molecular complexity index is 252. The van der Waals surface area contributed by atoms with Crippen LogP contribution in [0.4, 0.5) is 4.79 Å². The summed E-state index contributed by atoms with van der Waals surface area (Å²) in [4.78, 5) is 11.2. The molecule has 1 unspecified atom stereocenters. The van der Waals surface area contributed by atoms with Crippen molar-refractivity contribution in [2.24, 2.45) is 0 Å². The van der Waals surface area contributed by atoms with Gasteiger partial charge < -0.3 is 15.2 Å². The summed E-state index contributed by atoms with van der Waals surface area (Å²) >= 11 is 0. The maximum Gasteiger partial charge on any atom is 0.408 e. The molecule has 14 heavy (non-hydrogen) atoms. The van der Waals surface area contributed by atoms with E-state index in [-0.39, 0.29) is 0 Å². The third kappa shape index (κ3) is 4.67. The number of carbonyl (C=O) groups is 1. The number of amides is 1. The lowest BCUT2D eigenvalue weighted by atomic mass is 10.1. The van der Waals surface area contributed by atoms with Gasteiger partial charge in [-0.15, -0.1) is 0 Å². The van der Waals surface area contributed by atoms with Gasteiger partial charge in [0, 0.05) is 0 Å². The first-order chi connectivity index (χ1) is 6.22. The molecular weight excluding hydrogens is 184 g/mol. The average Bonchev–Trinajstić information content (AvgIpc) is 2.00. The Hall–Kier alpha value is -1.28. The topological polar surface area (TPSA) is 82.4 Å². The summed E-state index contributed by atoms with van der Waals surface area (Å²) in [6.45, 7) is 6.11. The summed E-state index contributed by atoms with van der Waals surface area (Å²) in [5.41, 5.74) is -1.90. The molecule has 0 aliphatic rings. The molecule has 0 heterocycles. The third-order valence-corrected chi connectivity index (χ3v) is 1.34. The molecule has 0 aromatic carbocycles. The summed E-state index contributed by atoms with van der Waals surface area (Å²) in [7, 11) is 0. The number of hydrogen-bond acceptors (Lipinski definition) is 4. The van der Waals surface area contributed by atoms with E-state index < -0.39 is 23.8 Å². The van der Waals surface area contributed by atoms with E-state index in [1.807, 2.05) is 0 Å². The molecule has 0 rings (SSSR count). The van der Waals surface area contributed by atoms with Gasteiger partial charge in [0.2, 0.25) is 0 Å². The molecule has 5 heteroatoms. The van der Waals surface area contributed by atoms with Gasteiger partial charge in [0.25, 0.3) is 0 Å². The number of nitriles is 1. The lowest BCUT2D eigenvalue weighted by Crippen LogP contribution is -2.49. The molecule has 0 saturated heterocycles. The smallest absolute Gasteiger partial charge is 0.408 e. The lowest BCUT2D eigenvalue weighted by molar-refractivity contribution is 0.0456. The van der Waals surface area contributed by atoms with Crippen LogP contribution in [0.1, 0.15) is 27.7 Å². The Labute approximate surface area is 83.7 Å². The quantitative estimate of drug-likeness (QED) is 0.690. The fraction of sp³-hybridized carbons (Fsp3) is 0.778. The molecular formula is C9H16N2O3. The first-order valence-corrected chi connectivity index (χ1v) is 4.26. The average molecular weight is 200 g/mol. The van der Waals surface area contributed by atoms with Gasteiger partial charge in [-0.3, -0.25) is 0 Å². The third-order valence-electron chi connectivity index (χ3n) is 1.34. The van der Waals surface area contributed by atoms with E-state index in [0.717, 1.165) is 0 Å². The van der Waals surface area contributed by atoms with E-state index in [4.69, 9.17) is 15.1 Å². The predicted octanol–water partition coefficient (Wildman–Crippen LogP) is 0.786. The van der Waals surface area contributed by atoms with Crippen molar-refractivity contribution in [3.05, 3.63) is 0 Å². The molecule has 1 atom stereocenters. The second-order valence-corrected chi connectivity index (χ2v) is 4.23. The van der Waals surface area contributed by atoms with E-state index in [1.165, 1.54) is 6.92 Å². The summed E-state index contributed by atoms with van der Waals surface area (Å²) in [5, 5.41) is 19.8. The highest BCUT2D eigenvalue weighted by atomic mass is 16.6. The SMILES string of the molecule is CC(C#N)(CO)NC(=O)OC(C)(C)C. The van der Waals surface area contributed by atoms with Crippen LogP contribution in [-0.2, 0) is 4.74 Å². The molecule has 0 aromatic heterocycles. The van der Waals surface area contributed by atoms with Gasteiger partial charge in [0.15, 0.2) is 5.54 Å². The minimum Gasteiger partial charge on any atom is -0.444 e. The number of nitrogens with zero attached hydrogens (tertiary/aromatic N) is 1. The van der Waals surface area contributed by atoms with Crippen molar-refractivity contribution in [2.45, 2.75) is 38.8 Å². The van der Waals surface area contributed by atoms with Crippen LogP contribution >= 0.6 is 0 Å². The zero-order valence-electron chi connectivity index (χ0n) is 8.92. The molecule has 1 amide bonds. The molecule has 0 spiro atoms. The van der Waals surface area contributed by atoms with E-state index in [0.29, 0.717) is 0 Å². The Morgan fingerprint density at radius 2 is 2.00 bits per heavy atom. The van der Waals surface area contributed by atoms with Gasteiger partial charge in [-0.25, -0.2) is 4.79 Å². The van der Waals surface area contributed by atoms with E-state index >= 15 is 0 Å². The Balaban J connectivity index is 4.27. The molecule has 0 aliphatic carbocycles. The highest BCUT2D eigenvalue weighted by Gasteiger charge is 2.27. The van der Waals surface area contributed by atoms with Crippen molar-refractivity contribution in [3.8, 4) is 6.07 Å². The second kappa shape index (κ2) is 4.29. The van der Waals surface area contributed by atoms with Crippen LogP contribution in [0, 0.1) is 11.3 Å². The molecule has 5 nitrogen and oxygen atoms in total. The lowest BCUT2D eigenvalue weighted by Gasteiger charge is -2.24. The van der Waals surface area contributed by atoms with Crippen LogP contribution < -0.4 is 5.32 Å². The largest absolute Gasteiger partial charge is 0.444 e. The summed E-state index contributed by atoms with van der Waals surface area (Å²) < 4.78 is 4.92. The number of carbonyl (C=O) groups excluding carboxylic acids is 1. The van der Waals surface area contributed by atoms with E-state index in [2.05, 4.69) is 5.32 Å². The fourth-order valence-electron chi connectivity index (χ4n) is 0.632. The molecule has 80 valence electrons. The number of ether oxygens (including phenoxy) is 1. The predicted molar refractivity (Wildman–Crippen MR) is 50.5 cm³/mol. The van der Waals surface area contributed by atoms with Gasteiger partial charge in [-0.1, -0.05) is 0 Å². The van der Waals surface area contributed by atoms with Crippen LogP contribution in [0.5, 0.6) is 0 Å². The fourth-order valence-corrected chi connectivity index (χ4v) is 0.632. The first-order valence-electron chi connectivity index (χ1n) is 4.26. The first kappa shape index (κ1) is 12.7. The Kier molecular flexibility index (Phi) is 3.90. The van der Waals surface area contributed by atoms with Crippen LogP contribution in [0.3, 0.4) is 0 Å². The van der Waals surface area contributed by atoms with Gasteiger partial charge >= 0.3 is 6.09 Å². The van der Waals surface area contributed by atoms with Gasteiger partial charge in [0.05, 0.1) is 12.7 Å². The van der Waals surface area contributed by atoms with Crippen molar-refractivity contribution in [2.75, 3.05) is 6.61 Å². The van der Waals surface area contributed by atoms with Crippen LogP contribution in [-0.4, -0.2) is 28.9 Å². The van der Waals surface area contributed by atoms with Gasteiger partial charge in [0.1, 0.15) is 5.60 Å². The monoisotopic (exact) mass is 200 g/mol. The number of aliphatic hydroxyl groups excluding tert-OH is 1. The summed E-state index contributed by atoms with van der Waals surface area (Å²) in [6, 6.07) is 1.78. The van der Waals surface area contributed by atoms with Crippen molar-refractivity contribution < 1.29 is 14.6 Å². The van der Waals surface area contributed by atoms with Crippen molar-refractivity contribution in [1.82, 2.24) is 5.32 Å². The number of nitrogens with one attached hydrogen (secondary N) is 1. The summed E-state index contributed by atoms with van der Waals surface area (Å²) in [5.74, 6) is 0. The maximum atomic E-state index is 11.2. The van der Waals surface area contributed by atoms with Crippen molar-refractivity contribution in [1.29, 1.82) is 5.26 Å². The Morgan fingerprint density at radius 3 is 2.29 bits per heavy atom. The van der Waals surface area contributed by atoms with Crippen LogP contribution in [0.2, 0.25) is 0 Å². The van der Waals surface area contributed by atoms with E-state index in [9.17, 15) is 4.79 Å². The molecule has 0 saturated carbocycles. The highest BCUT2D eigenvalue weighted by Crippen LogP contribution is 2.08. The van der Waals surface area contributed by atoms with E-state index in [1.54, 1.807) is 26.8 Å². The molecule has 0 aromatic rings. The van der Waals surface area contributed by atoms with Crippen molar-refractivity contribution in [3.63, 3.8) is 0 Å².